The summed E-state index contributed by atoms with van der Waals surface area (Å²) in [5.74, 6) is 1.07. The van der Waals surface area contributed by atoms with Crippen molar-refractivity contribution in [1.29, 1.82) is 0 Å². The number of halogens is 1. The number of carbonyl (C=O) groups excluding carboxylic acids is 1. The third kappa shape index (κ3) is 4.33. The molecule has 126 valence electrons. The molecule has 1 heterocycles. The van der Waals surface area contributed by atoms with Crippen LogP contribution in [0, 0.1) is 0 Å². The van der Waals surface area contributed by atoms with Gasteiger partial charge in [0, 0.05) is 16.1 Å². The summed E-state index contributed by atoms with van der Waals surface area (Å²) in [5, 5.41) is 3.41. The van der Waals surface area contributed by atoms with Gasteiger partial charge in [0.2, 0.25) is 5.91 Å². The van der Waals surface area contributed by atoms with E-state index < -0.39 is 0 Å². The number of methoxy groups -OCH3 is 1. The minimum Gasteiger partial charge on any atom is -0.496 e. The van der Waals surface area contributed by atoms with Crippen molar-refractivity contribution in [3.8, 4) is 17.1 Å². The zero-order valence-corrected chi connectivity index (χ0v) is 14.3. The molecule has 0 saturated carbocycles. The lowest BCUT2D eigenvalue weighted by atomic mass is 10.1. The molecule has 1 N–H and O–H groups in total. The molecule has 0 atom stereocenters. The maximum atomic E-state index is 12.2. The smallest absolute Gasteiger partial charge is 0.229 e. The fourth-order valence-corrected chi connectivity index (χ4v) is 2.59. The highest BCUT2D eigenvalue weighted by molar-refractivity contribution is 6.30. The third-order valence-corrected chi connectivity index (χ3v) is 3.80. The van der Waals surface area contributed by atoms with Crippen LogP contribution in [0.5, 0.6) is 5.75 Å². The Labute approximate surface area is 150 Å². The molecule has 0 radical (unpaired) electrons. The quantitative estimate of drug-likeness (QED) is 0.753. The molecule has 5 nitrogen and oxygen atoms in total. The maximum absolute atomic E-state index is 12.2. The lowest BCUT2D eigenvalue weighted by Crippen LogP contribution is -2.15. The summed E-state index contributed by atoms with van der Waals surface area (Å²) in [6.45, 7) is 0. The van der Waals surface area contributed by atoms with E-state index in [1.807, 2.05) is 36.4 Å². The van der Waals surface area contributed by atoms with Crippen LogP contribution in [0.2, 0.25) is 5.02 Å². The zero-order chi connectivity index (χ0) is 17.6. The molecule has 0 bridgehead atoms. The van der Waals surface area contributed by atoms with Gasteiger partial charge < -0.3 is 10.1 Å². The van der Waals surface area contributed by atoms with Crippen LogP contribution in [-0.4, -0.2) is 23.0 Å². The van der Waals surface area contributed by atoms with Gasteiger partial charge in [0.15, 0.2) is 5.82 Å². The first-order chi connectivity index (χ1) is 12.2. The number of benzene rings is 2. The second kappa shape index (κ2) is 7.77. The van der Waals surface area contributed by atoms with Crippen LogP contribution in [0.15, 0.2) is 60.9 Å². The van der Waals surface area contributed by atoms with Crippen molar-refractivity contribution < 1.29 is 9.53 Å². The van der Waals surface area contributed by atoms with Crippen LogP contribution in [0.3, 0.4) is 0 Å². The van der Waals surface area contributed by atoms with Crippen molar-refractivity contribution in [3.05, 3.63) is 71.5 Å². The Morgan fingerprint density at radius 1 is 1.12 bits per heavy atom. The Kier molecular flexibility index (Phi) is 5.26. The van der Waals surface area contributed by atoms with Crippen molar-refractivity contribution in [1.82, 2.24) is 9.97 Å². The molecule has 0 aliphatic heterocycles. The minimum absolute atomic E-state index is 0.163. The molecule has 1 aromatic heterocycles. The number of para-hydroxylation sites is 1. The largest absolute Gasteiger partial charge is 0.496 e. The summed E-state index contributed by atoms with van der Waals surface area (Å²) in [7, 11) is 1.58. The number of hydrogen-bond donors (Lipinski definition) is 1. The van der Waals surface area contributed by atoms with E-state index in [0.717, 1.165) is 11.1 Å². The van der Waals surface area contributed by atoms with E-state index in [9.17, 15) is 4.79 Å². The topological polar surface area (TPSA) is 64.1 Å². The summed E-state index contributed by atoms with van der Waals surface area (Å²) in [4.78, 5) is 20.8. The standard InChI is InChI=1S/C19H16ClN3O2/c1-25-17-8-3-2-5-13(17)10-18(24)23-16-11-21-19(22-12-16)14-6-4-7-15(20)9-14/h2-9,11-12H,10H2,1H3,(H,23,24). The third-order valence-electron chi connectivity index (χ3n) is 3.56. The number of ether oxygens (including phenoxy) is 1. The Hall–Kier alpha value is -2.92. The normalized spacial score (nSPS) is 10.3. The predicted molar refractivity (Wildman–Crippen MR) is 97.8 cm³/mol. The van der Waals surface area contributed by atoms with Crippen molar-refractivity contribution in [2.24, 2.45) is 0 Å². The van der Waals surface area contributed by atoms with Crippen molar-refractivity contribution in [2.75, 3.05) is 12.4 Å². The van der Waals surface area contributed by atoms with E-state index in [0.29, 0.717) is 22.3 Å². The average molecular weight is 354 g/mol. The number of anilines is 1. The fourth-order valence-electron chi connectivity index (χ4n) is 2.40. The van der Waals surface area contributed by atoms with E-state index in [1.54, 1.807) is 31.6 Å². The maximum Gasteiger partial charge on any atom is 0.229 e. The molecule has 25 heavy (non-hydrogen) atoms. The second-order valence-electron chi connectivity index (χ2n) is 5.34. The molecule has 3 rings (SSSR count). The Bertz CT molecular complexity index is 882. The molecule has 0 unspecified atom stereocenters. The van der Waals surface area contributed by atoms with Gasteiger partial charge in [0.25, 0.3) is 0 Å². The van der Waals surface area contributed by atoms with Gasteiger partial charge in [-0.3, -0.25) is 4.79 Å². The summed E-state index contributed by atoms with van der Waals surface area (Å²) < 4.78 is 5.26. The van der Waals surface area contributed by atoms with Crippen LogP contribution in [-0.2, 0) is 11.2 Å². The molecule has 0 fully saturated rings. The van der Waals surface area contributed by atoms with E-state index in [-0.39, 0.29) is 12.3 Å². The van der Waals surface area contributed by atoms with Gasteiger partial charge in [-0.15, -0.1) is 0 Å². The number of aromatic nitrogens is 2. The van der Waals surface area contributed by atoms with E-state index in [2.05, 4.69) is 15.3 Å². The molecule has 2 aromatic carbocycles. The van der Waals surface area contributed by atoms with Gasteiger partial charge in [-0.25, -0.2) is 9.97 Å². The molecule has 0 aliphatic carbocycles. The first kappa shape index (κ1) is 16.9. The Morgan fingerprint density at radius 3 is 2.60 bits per heavy atom. The molecular formula is C19H16ClN3O2. The highest BCUT2D eigenvalue weighted by Crippen LogP contribution is 2.20. The SMILES string of the molecule is COc1ccccc1CC(=O)Nc1cnc(-c2cccc(Cl)c2)nc1. The van der Waals surface area contributed by atoms with Gasteiger partial charge in [-0.05, 0) is 18.2 Å². The van der Waals surface area contributed by atoms with E-state index >= 15 is 0 Å². The Morgan fingerprint density at radius 2 is 1.88 bits per heavy atom. The lowest BCUT2D eigenvalue weighted by molar-refractivity contribution is -0.115. The molecule has 3 aromatic rings. The minimum atomic E-state index is -0.163. The van der Waals surface area contributed by atoms with Crippen LogP contribution >= 0.6 is 11.6 Å². The number of rotatable bonds is 5. The molecule has 0 spiro atoms. The highest BCUT2D eigenvalue weighted by atomic mass is 35.5. The number of hydrogen-bond acceptors (Lipinski definition) is 4. The summed E-state index contributed by atoms with van der Waals surface area (Å²) >= 11 is 5.97. The van der Waals surface area contributed by atoms with Gasteiger partial charge >= 0.3 is 0 Å². The average Bonchev–Trinajstić information content (AvgIpc) is 2.63. The van der Waals surface area contributed by atoms with Crippen LogP contribution in [0.25, 0.3) is 11.4 Å². The first-order valence-corrected chi connectivity index (χ1v) is 8.03. The van der Waals surface area contributed by atoms with Crippen LogP contribution in [0.4, 0.5) is 5.69 Å². The van der Waals surface area contributed by atoms with Crippen molar-refractivity contribution in [3.63, 3.8) is 0 Å². The predicted octanol–water partition coefficient (Wildman–Crippen LogP) is 3.99. The second-order valence-corrected chi connectivity index (χ2v) is 5.78. The van der Waals surface area contributed by atoms with Gasteiger partial charge in [0.1, 0.15) is 5.75 Å². The number of nitrogens with one attached hydrogen (secondary N) is 1. The van der Waals surface area contributed by atoms with Crippen molar-refractivity contribution in [2.45, 2.75) is 6.42 Å². The first-order valence-electron chi connectivity index (χ1n) is 7.65. The van der Waals surface area contributed by atoms with Gasteiger partial charge in [-0.1, -0.05) is 41.9 Å². The van der Waals surface area contributed by atoms with Gasteiger partial charge in [0.05, 0.1) is 31.6 Å². The summed E-state index contributed by atoms with van der Waals surface area (Å²) in [6.07, 6.45) is 3.35. The molecule has 6 heteroatoms. The van der Waals surface area contributed by atoms with Crippen LogP contribution in [0.1, 0.15) is 5.56 Å². The zero-order valence-electron chi connectivity index (χ0n) is 13.6. The Balaban J connectivity index is 1.68. The van der Waals surface area contributed by atoms with Gasteiger partial charge in [-0.2, -0.15) is 0 Å². The number of nitrogens with zero attached hydrogens (tertiary/aromatic N) is 2. The van der Waals surface area contributed by atoms with Crippen LogP contribution < -0.4 is 10.1 Å². The lowest BCUT2D eigenvalue weighted by Gasteiger charge is -2.09. The molecule has 1 amide bonds. The monoisotopic (exact) mass is 353 g/mol. The molecule has 0 aliphatic rings. The van der Waals surface area contributed by atoms with E-state index in [1.165, 1.54) is 0 Å². The number of amides is 1. The fraction of sp³-hybridized carbons (Fsp3) is 0.105. The summed E-state index contributed by atoms with van der Waals surface area (Å²) in [6, 6.07) is 14.7. The molecule has 0 saturated heterocycles. The highest BCUT2D eigenvalue weighted by Gasteiger charge is 2.09. The van der Waals surface area contributed by atoms with E-state index in [4.69, 9.17) is 16.3 Å². The van der Waals surface area contributed by atoms with Crippen molar-refractivity contribution >= 4 is 23.2 Å². The summed E-state index contributed by atoms with van der Waals surface area (Å²) in [5.41, 5.74) is 2.17. The number of carbonyl (C=O) groups is 1. The molecular weight excluding hydrogens is 338 g/mol.